The Hall–Kier alpha value is -0.330. The maximum absolute atomic E-state index is 10.00. The molecule has 1 aliphatic rings. The van der Waals surface area contributed by atoms with Crippen molar-refractivity contribution in [2.45, 2.75) is 32.7 Å². The van der Waals surface area contributed by atoms with E-state index >= 15 is 0 Å². The van der Waals surface area contributed by atoms with Gasteiger partial charge in [0.05, 0.1) is 0 Å². The summed E-state index contributed by atoms with van der Waals surface area (Å²) in [6.07, 6.45) is 3.91. The van der Waals surface area contributed by atoms with Crippen LogP contribution in [0.25, 0.3) is 0 Å². The third-order valence-electron chi connectivity index (χ3n) is 3.69. The van der Waals surface area contributed by atoms with Crippen molar-refractivity contribution in [3.63, 3.8) is 0 Å². The van der Waals surface area contributed by atoms with Crippen LogP contribution in [0.1, 0.15) is 30.4 Å². The lowest BCUT2D eigenvalue weighted by Crippen LogP contribution is -2.24. The van der Waals surface area contributed by atoms with Gasteiger partial charge in [-0.2, -0.15) is 0 Å². The van der Waals surface area contributed by atoms with Crippen molar-refractivity contribution in [2.75, 3.05) is 26.2 Å². The summed E-state index contributed by atoms with van der Waals surface area (Å²) >= 11 is 2.30. The number of halogens is 1. The van der Waals surface area contributed by atoms with Crippen LogP contribution in [0.5, 0.6) is 5.75 Å². The number of rotatable bonds is 6. The molecule has 0 unspecified atom stereocenters. The van der Waals surface area contributed by atoms with Gasteiger partial charge in [-0.15, -0.1) is 0 Å². The number of likely N-dealkylation sites (tertiary alicyclic amines) is 1. The van der Waals surface area contributed by atoms with Crippen LogP contribution in [0.15, 0.2) is 12.1 Å². The fourth-order valence-electron chi connectivity index (χ4n) is 2.60. The van der Waals surface area contributed by atoms with E-state index in [1.165, 1.54) is 42.5 Å². The van der Waals surface area contributed by atoms with E-state index in [0.717, 1.165) is 24.2 Å². The average Bonchev–Trinajstić information content (AvgIpc) is 2.87. The van der Waals surface area contributed by atoms with Crippen LogP contribution in [0.3, 0.4) is 0 Å². The highest BCUT2D eigenvalue weighted by Crippen LogP contribution is 2.24. The SMILES string of the molecule is Cc1cc(I)cc(CNCCCN2CCCC2)c1O. The highest BCUT2D eigenvalue weighted by molar-refractivity contribution is 14.1. The summed E-state index contributed by atoms with van der Waals surface area (Å²) < 4.78 is 1.18. The molecule has 4 heteroatoms. The molecule has 2 rings (SSSR count). The van der Waals surface area contributed by atoms with E-state index in [1.807, 2.05) is 13.0 Å². The van der Waals surface area contributed by atoms with Gasteiger partial charge in [0.2, 0.25) is 0 Å². The van der Waals surface area contributed by atoms with Crippen LogP contribution in [0.2, 0.25) is 0 Å². The maximum Gasteiger partial charge on any atom is 0.123 e. The molecule has 1 saturated heterocycles. The fourth-order valence-corrected chi connectivity index (χ4v) is 3.44. The Kier molecular flexibility index (Phi) is 5.91. The second kappa shape index (κ2) is 7.45. The molecule has 1 aliphatic heterocycles. The van der Waals surface area contributed by atoms with Gasteiger partial charge < -0.3 is 15.3 Å². The van der Waals surface area contributed by atoms with E-state index in [1.54, 1.807) is 0 Å². The van der Waals surface area contributed by atoms with E-state index < -0.39 is 0 Å². The molecule has 0 atom stereocenters. The minimum Gasteiger partial charge on any atom is -0.507 e. The predicted octanol–water partition coefficient (Wildman–Crippen LogP) is 2.88. The molecule has 19 heavy (non-hydrogen) atoms. The summed E-state index contributed by atoms with van der Waals surface area (Å²) in [6, 6.07) is 4.06. The quantitative estimate of drug-likeness (QED) is 0.594. The first-order valence-electron chi connectivity index (χ1n) is 7.08. The molecule has 0 aliphatic carbocycles. The third kappa shape index (κ3) is 4.61. The van der Waals surface area contributed by atoms with Gasteiger partial charge in [0.1, 0.15) is 5.75 Å². The average molecular weight is 374 g/mol. The zero-order valence-corrected chi connectivity index (χ0v) is 13.7. The molecule has 1 heterocycles. The fraction of sp³-hybridized carbons (Fsp3) is 0.600. The molecule has 2 N–H and O–H groups in total. The number of phenols is 1. The van der Waals surface area contributed by atoms with E-state index in [9.17, 15) is 5.11 Å². The summed E-state index contributed by atoms with van der Waals surface area (Å²) in [6.45, 7) is 7.47. The largest absolute Gasteiger partial charge is 0.507 e. The van der Waals surface area contributed by atoms with Gasteiger partial charge in [-0.05, 0) is 92.7 Å². The summed E-state index contributed by atoms with van der Waals surface area (Å²) in [5.74, 6) is 0.437. The molecule has 0 saturated carbocycles. The predicted molar refractivity (Wildman–Crippen MR) is 87.6 cm³/mol. The van der Waals surface area contributed by atoms with Crippen LogP contribution >= 0.6 is 22.6 Å². The van der Waals surface area contributed by atoms with Crippen molar-refractivity contribution >= 4 is 22.6 Å². The highest BCUT2D eigenvalue weighted by atomic mass is 127. The van der Waals surface area contributed by atoms with Gasteiger partial charge >= 0.3 is 0 Å². The highest BCUT2D eigenvalue weighted by Gasteiger charge is 2.10. The molecule has 106 valence electrons. The number of nitrogens with zero attached hydrogens (tertiary/aromatic N) is 1. The Labute approximate surface area is 129 Å². The van der Waals surface area contributed by atoms with Gasteiger partial charge in [0, 0.05) is 15.7 Å². The number of phenolic OH excluding ortho intramolecular Hbond substituents is 1. The molecule has 0 amide bonds. The lowest BCUT2D eigenvalue weighted by molar-refractivity contribution is 0.331. The second-order valence-electron chi connectivity index (χ2n) is 5.31. The van der Waals surface area contributed by atoms with Crippen LogP contribution in [0.4, 0.5) is 0 Å². The van der Waals surface area contributed by atoms with E-state index in [4.69, 9.17) is 0 Å². The van der Waals surface area contributed by atoms with Gasteiger partial charge in [-0.3, -0.25) is 0 Å². The minimum atomic E-state index is 0.437. The normalized spacial score (nSPS) is 16.1. The van der Waals surface area contributed by atoms with Gasteiger partial charge in [0.15, 0.2) is 0 Å². The Balaban J connectivity index is 1.70. The first-order valence-corrected chi connectivity index (χ1v) is 8.16. The molecule has 1 fully saturated rings. The Morgan fingerprint density at radius 1 is 1.32 bits per heavy atom. The molecule has 1 aromatic rings. The van der Waals surface area contributed by atoms with Crippen LogP contribution < -0.4 is 5.32 Å². The number of nitrogens with one attached hydrogen (secondary N) is 1. The maximum atomic E-state index is 10.00. The number of aryl methyl sites for hydroxylation is 1. The summed E-state index contributed by atoms with van der Waals surface area (Å²) in [7, 11) is 0. The Morgan fingerprint density at radius 2 is 2.05 bits per heavy atom. The van der Waals surface area contributed by atoms with E-state index in [-0.39, 0.29) is 0 Å². The summed E-state index contributed by atoms with van der Waals surface area (Å²) in [5.41, 5.74) is 1.96. The first kappa shape index (κ1) is 15.1. The van der Waals surface area contributed by atoms with Crippen LogP contribution in [-0.2, 0) is 6.54 Å². The third-order valence-corrected chi connectivity index (χ3v) is 4.31. The zero-order valence-electron chi connectivity index (χ0n) is 11.6. The molecule has 0 bridgehead atoms. The van der Waals surface area contributed by atoms with Gasteiger partial charge in [0.25, 0.3) is 0 Å². The van der Waals surface area contributed by atoms with Crippen molar-refractivity contribution in [1.29, 1.82) is 0 Å². The molecule has 0 radical (unpaired) electrons. The van der Waals surface area contributed by atoms with Crippen molar-refractivity contribution in [3.05, 3.63) is 26.8 Å². The molecule has 1 aromatic carbocycles. The Bertz CT molecular complexity index is 417. The van der Waals surface area contributed by atoms with Crippen molar-refractivity contribution < 1.29 is 5.11 Å². The second-order valence-corrected chi connectivity index (χ2v) is 6.56. The number of hydrogen-bond donors (Lipinski definition) is 2. The smallest absolute Gasteiger partial charge is 0.123 e. The molecular weight excluding hydrogens is 351 g/mol. The van der Waals surface area contributed by atoms with Crippen molar-refractivity contribution in [1.82, 2.24) is 10.2 Å². The molecular formula is C15H23IN2O. The van der Waals surface area contributed by atoms with Gasteiger partial charge in [-0.25, -0.2) is 0 Å². The van der Waals surface area contributed by atoms with Crippen molar-refractivity contribution in [3.8, 4) is 5.75 Å². The van der Waals surface area contributed by atoms with Crippen LogP contribution in [0, 0.1) is 10.5 Å². The lowest BCUT2D eigenvalue weighted by Gasteiger charge is -2.14. The molecule has 0 spiro atoms. The van der Waals surface area contributed by atoms with Crippen molar-refractivity contribution in [2.24, 2.45) is 0 Å². The zero-order chi connectivity index (χ0) is 13.7. The number of hydrogen-bond acceptors (Lipinski definition) is 3. The summed E-state index contributed by atoms with van der Waals surface area (Å²) in [5, 5.41) is 13.4. The Morgan fingerprint density at radius 3 is 2.79 bits per heavy atom. The topological polar surface area (TPSA) is 35.5 Å². The van der Waals surface area contributed by atoms with E-state index in [2.05, 4.69) is 38.9 Å². The standard InChI is InChI=1S/C15H23IN2O/c1-12-9-14(16)10-13(15(12)19)11-17-5-4-8-18-6-2-3-7-18/h9-10,17,19H,2-8,11H2,1H3. The van der Waals surface area contributed by atoms with E-state index in [0.29, 0.717) is 5.75 Å². The number of aromatic hydroxyl groups is 1. The summed E-state index contributed by atoms with van der Waals surface area (Å²) in [4.78, 5) is 2.54. The first-order chi connectivity index (χ1) is 9.16. The minimum absolute atomic E-state index is 0.437. The molecule has 0 aromatic heterocycles. The van der Waals surface area contributed by atoms with Gasteiger partial charge in [-0.1, -0.05) is 0 Å². The monoisotopic (exact) mass is 374 g/mol. The molecule has 3 nitrogen and oxygen atoms in total. The lowest BCUT2D eigenvalue weighted by atomic mass is 10.1. The van der Waals surface area contributed by atoms with Crippen LogP contribution in [-0.4, -0.2) is 36.2 Å². The number of benzene rings is 1.